The molecule has 0 bridgehead atoms. The summed E-state index contributed by atoms with van der Waals surface area (Å²) in [5.41, 5.74) is 1.69. The van der Waals surface area contributed by atoms with Gasteiger partial charge in [0, 0.05) is 22.5 Å². The largest absolute Gasteiger partial charge is 0.372 e. The van der Waals surface area contributed by atoms with Crippen LogP contribution in [0.4, 0.5) is 10.2 Å². The maximum Gasteiger partial charge on any atom is 0.257 e. The summed E-state index contributed by atoms with van der Waals surface area (Å²) >= 11 is 3.46. The number of halogens is 2. The number of fused-ring (bicyclic) bond motifs is 3. The third-order valence-electron chi connectivity index (χ3n) is 3.63. The van der Waals surface area contributed by atoms with Crippen LogP contribution in [-0.4, -0.2) is 26.6 Å². The van der Waals surface area contributed by atoms with Crippen LogP contribution in [0.15, 0.2) is 46.9 Å². The summed E-state index contributed by atoms with van der Waals surface area (Å²) in [6.07, 6.45) is 0. The van der Waals surface area contributed by atoms with Gasteiger partial charge in [-0.25, -0.2) is 4.39 Å². The van der Waals surface area contributed by atoms with Crippen LogP contribution in [0.2, 0.25) is 0 Å². The van der Waals surface area contributed by atoms with E-state index < -0.39 is 0 Å². The van der Waals surface area contributed by atoms with Crippen LogP contribution in [0.3, 0.4) is 0 Å². The normalized spacial score (nSPS) is 11.3. The molecule has 114 valence electrons. The molecule has 0 aliphatic rings. The van der Waals surface area contributed by atoms with E-state index in [1.807, 2.05) is 28.7 Å². The molecular formula is C16H11BrFN5. The molecule has 1 N–H and O–H groups in total. The molecule has 2 heterocycles. The van der Waals surface area contributed by atoms with Crippen molar-refractivity contribution in [2.75, 3.05) is 12.4 Å². The van der Waals surface area contributed by atoms with Gasteiger partial charge in [0.05, 0.1) is 5.52 Å². The van der Waals surface area contributed by atoms with Gasteiger partial charge in [-0.05, 0) is 30.3 Å². The summed E-state index contributed by atoms with van der Waals surface area (Å²) in [4.78, 5) is 4.43. The van der Waals surface area contributed by atoms with E-state index in [1.165, 1.54) is 12.1 Å². The first-order chi connectivity index (χ1) is 11.2. The van der Waals surface area contributed by atoms with E-state index in [0.29, 0.717) is 22.8 Å². The summed E-state index contributed by atoms with van der Waals surface area (Å²) < 4.78 is 16.4. The van der Waals surface area contributed by atoms with Crippen LogP contribution < -0.4 is 5.32 Å². The van der Waals surface area contributed by atoms with Crippen LogP contribution in [0.1, 0.15) is 0 Å². The Morgan fingerprint density at radius 2 is 2.00 bits per heavy atom. The Bertz CT molecular complexity index is 1040. The van der Waals surface area contributed by atoms with Gasteiger partial charge in [0.2, 0.25) is 0 Å². The molecule has 0 atom stereocenters. The molecule has 7 heteroatoms. The fraction of sp³-hybridized carbons (Fsp3) is 0.0625. The third-order valence-corrected chi connectivity index (χ3v) is 4.13. The van der Waals surface area contributed by atoms with Gasteiger partial charge in [0.1, 0.15) is 11.6 Å². The molecule has 4 rings (SSSR count). The molecule has 0 spiro atoms. The van der Waals surface area contributed by atoms with Crippen LogP contribution >= 0.6 is 15.9 Å². The predicted molar refractivity (Wildman–Crippen MR) is 90.9 cm³/mol. The van der Waals surface area contributed by atoms with Crippen molar-refractivity contribution in [2.45, 2.75) is 0 Å². The minimum atomic E-state index is -0.313. The van der Waals surface area contributed by atoms with E-state index in [1.54, 1.807) is 13.1 Å². The fourth-order valence-electron chi connectivity index (χ4n) is 2.63. The Kier molecular flexibility index (Phi) is 3.23. The van der Waals surface area contributed by atoms with Crippen LogP contribution in [-0.2, 0) is 0 Å². The number of hydrogen-bond donors (Lipinski definition) is 1. The monoisotopic (exact) mass is 371 g/mol. The second kappa shape index (κ2) is 5.27. The zero-order valence-corrected chi connectivity index (χ0v) is 13.7. The highest BCUT2D eigenvalue weighted by atomic mass is 79.9. The summed E-state index contributed by atoms with van der Waals surface area (Å²) in [7, 11) is 1.74. The molecule has 2 aromatic carbocycles. The number of anilines is 1. The first kappa shape index (κ1) is 14.1. The van der Waals surface area contributed by atoms with Crippen molar-refractivity contribution in [3.05, 3.63) is 52.8 Å². The Balaban J connectivity index is 2.12. The van der Waals surface area contributed by atoms with Crippen molar-refractivity contribution in [3.8, 4) is 11.4 Å². The van der Waals surface area contributed by atoms with Crippen molar-refractivity contribution in [2.24, 2.45) is 0 Å². The highest BCUT2D eigenvalue weighted by Gasteiger charge is 2.15. The molecule has 0 unspecified atom stereocenters. The van der Waals surface area contributed by atoms with Gasteiger partial charge in [-0.1, -0.05) is 28.1 Å². The highest BCUT2D eigenvalue weighted by Crippen LogP contribution is 2.28. The lowest BCUT2D eigenvalue weighted by Crippen LogP contribution is -2.01. The lowest BCUT2D eigenvalue weighted by Gasteiger charge is -2.09. The smallest absolute Gasteiger partial charge is 0.257 e. The maximum atomic E-state index is 13.7. The quantitative estimate of drug-likeness (QED) is 0.580. The summed E-state index contributed by atoms with van der Waals surface area (Å²) in [5.74, 6) is 1.38. The zero-order chi connectivity index (χ0) is 16.0. The van der Waals surface area contributed by atoms with E-state index in [0.717, 1.165) is 15.6 Å². The van der Waals surface area contributed by atoms with Gasteiger partial charge in [-0.2, -0.15) is 4.98 Å². The SMILES string of the molecule is CNc1nc2nnc(-c3cccc(Br)c3)n2c2ccc(F)cc12. The van der Waals surface area contributed by atoms with Gasteiger partial charge in [0.25, 0.3) is 5.78 Å². The summed E-state index contributed by atoms with van der Waals surface area (Å²) in [6.45, 7) is 0. The Labute approximate surface area is 139 Å². The molecule has 0 saturated carbocycles. The Hall–Kier alpha value is -2.54. The Morgan fingerprint density at radius 3 is 2.78 bits per heavy atom. The van der Waals surface area contributed by atoms with Crippen molar-refractivity contribution in [1.82, 2.24) is 19.6 Å². The van der Waals surface area contributed by atoms with Gasteiger partial charge < -0.3 is 5.32 Å². The molecule has 0 saturated heterocycles. The number of benzene rings is 2. The third kappa shape index (κ3) is 2.24. The van der Waals surface area contributed by atoms with Crippen molar-refractivity contribution < 1.29 is 4.39 Å². The average Bonchev–Trinajstić information content (AvgIpc) is 2.97. The number of nitrogens with zero attached hydrogens (tertiary/aromatic N) is 4. The van der Waals surface area contributed by atoms with Crippen LogP contribution in [0.5, 0.6) is 0 Å². The van der Waals surface area contributed by atoms with E-state index in [9.17, 15) is 4.39 Å². The average molecular weight is 372 g/mol. The number of hydrogen-bond acceptors (Lipinski definition) is 4. The first-order valence-corrected chi connectivity index (χ1v) is 7.75. The molecule has 0 aliphatic carbocycles. The second-order valence-electron chi connectivity index (χ2n) is 5.04. The van der Waals surface area contributed by atoms with E-state index in [4.69, 9.17) is 0 Å². The van der Waals surface area contributed by atoms with Gasteiger partial charge in [-0.3, -0.25) is 4.40 Å². The first-order valence-electron chi connectivity index (χ1n) is 6.95. The fourth-order valence-corrected chi connectivity index (χ4v) is 3.03. The Morgan fingerprint density at radius 1 is 1.13 bits per heavy atom. The van der Waals surface area contributed by atoms with Crippen molar-refractivity contribution in [1.29, 1.82) is 0 Å². The maximum absolute atomic E-state index is 13.7. The molecule has 5 nitrogen and oxygen atoms in total. The molecule has 0 fully saturated rings. The molecule has 23 heavy (non-hydrogen) atoms. The molecule has 0 aliphatic heterocycles. The van der Waals surface area contributed by atoms with Gasteiger partial charge in [-0.15, -0.1) is 10.2 Å². The zero-order valence-electron chi connectivity index (χ0n) is 12.1. The van der Waals surface area contributed by atoms with Gasteiger partial charge >= 0.3 is 0 Å². The minimum Gasteiger partial charge on any atom is -0.372 e. The van der Waals surface area contributed by atoms with Crippen molar-refractivity contribution in [3.63, 3.8) is 0 Å². The topological polar surface area (TPSA) is 55.1 Å². The summed E-state index contributed by atoms with van der Waals surface area (Å²) in [6, 6.07) is 12.4. The lowest BCUT2D eigenvalue weighted by molar-refractivity contribution is 0.629. The second-order valence-corrected chi connectivity index (χ2v) is 5.96. The van der Waals surface area contributed by atoms with Crippen LogP contribution in [0, 0.1) is 5.82 Å². The standard InChI is InChI=1S/C16H11BrFN5/c1-19-14-12-8-11(18)5-6-13(12)23-15(21-22-16(23)20-14)9-3-2-4-10(17)7-9/h2-8H,1H3,(H,19,20,22). The molecule has 4 aromatic rings. The molecular weight excluding hydrogens is 361 g/mol. The molecule has 0 amide bonds. The highest BCUT2D eigenvalue weighted by molar-refractivity contribution is 9.10. The number of aromatic nitrogens is 4. The molecule has 2 aromatic heterocycles. The van der Waals surface area contributed by atoms with Gasteiger partial charge in [0.15, 0.2) is 5.82 Å². The molecule has 0 radical (unpaired) electrons. The minimum absolute atomic E-state index is 0.313. The van der Waals surface area contributed by atoms with E-state index in [2.05, 4.69) is 36.4 Å². The van der Waals surface area contributed by atoms with Crippen LogP contribution in [0.25, 0.3) is 28.1 Å². The predicted octanol–water partition coefficient (Wildman–Crippen LogP) is 3.89. The lowest BCUT2D eigenvalue weighted by atomic mass is 10.2. The van der Waals surface area contributed by atoms with Crippen molar-refractivity contribution >= 4 is 38.4 Å². The van der Waals surface area contributed by atoms with E-state index in [-0.39, 0.29) is 5.82 Å². The van der Waals surface area contributed by atoms with E-state index >= 15 is 0 Å². The number of rotatable bonds is 2. The number of nitrogens with one attached hydrogen (secondary N) is 1. The summed E-state index contributed by atoms with van der Waals surface area (Å²) in [5, 5.41) is 12.1.